The molecule has 0 aromatic carbocycles. The Morgan fingerprint density at radius 1 is 1.06 bits per heavy atom. The average molecular weight is 248 g/mol. The highest BCUT2D eigenvalue weighted by molar-refractivity contribution is 5.27. The van der Waals surface area contributed by atoms with Gasteiger partial charge in [-0.05, 0) is 25.7 Å². The van der Waals surface area contributed by atoms with Crippen molar-refractivity contribution in [3.63, 3.8) is 0 Å². The molecular weight excluding hydrogens is 220 g/mol. The van der Waals surface area contributed by atoms with Gasteiger partial charge in [0.2, 0.25) is 0 Å². The van der Waals surface area contributed by atoms with Crippen LogP contribution in [0.2, 0.25) is 0 Å². The van der Waals surface area contributed by atoms with Crippen LogP contribution in [0.25, 0.3) is 0 Å². The predicted molar refractivity (Wildman–Crippen MR) is 76.5 cm³/mol. The van der Waals surface area contributed by atoms with E-state index in [4.69, 9.17) is 4.74 Å². The molecule has 1 aliphatic heterocycles. The molecule has 1 heteroatoms. The van der Waals surface area contributed by atoms with Crippen molar-refractivity contribution in [3.05, 3.63) is 0 Å². The van der Waals surface area contributed by atoms with Gasteiger partial charge in [-0.1, -0.05) is 57.8 Å². The summed E-state index contributed by atoms with van der Waals surface area (Å²) in [7, 11) is 0. The molecule has 2 aliphatic rings. The van der Waals surface area contributed by atoms with Crippen LogP contribution < -0.4 is 0 Å². The molecular formula is C17H28O. The van der Waals surface area contributed by atoms with Gasteiger partial charge in [0.25, 0.3) is 0 Å². The normalized spacial score (nSPS) is 28.6. The third kappa shape index (κ3) is 4.02. The molecule has 0 bridgehead atoms. The molecule has 1 unspecified atom stereocenters. The molecule has 0 spiro atoms. The second-order valence-electron chi connectivity index (χ2n) is 5.91. The van der Waals surface area contributed by atoms with E-state index in [1.807, 2.05) is 0 Å². The van der Waals surface area contributed by atoms with Crippen LogP contribution in [0.15, 0.2) is 0 Å². The molecule has 0 aromatic heterocycles. The Labute approximate surface area is 113 Å². The van der Waals surface area contributed by atoms with Crippen LogP contribution in [0, 0.1) is 11.8 Å². The van der Waals surface area contributed by atoms with E-state index >= 15 is 0 Å². The average Bonchev–Trinajstić information content (AvgIpc) is 2.93. The van der Waals surface area contributed by atoms with Crippen LogP contribution in [0.5, 0.6) is 0 Å². The van der Waals surface area contributed by atoms with E-state index in [2.05, 4.69) is 18.8 Å². The van der Waals surface area contributed by atoms with Gasteiger partial charge in [-0.15, -0.1) is 5.92 Å². The minimum atomic E-state index is 0.0418. The summed E-state index contributed by atoms with van der Waals surface area (Å²) in [6.07, 6.45) is 16.4. The van der Waals surface area contributed by atoms with E-state index in [-0.39, 0.29) is 5.60 Å². The van der Waals surface area contributed by atoms with E-state index in [0.717, 1.165) is 6.42 Å². The predicted octanol–water partition coefficient (Wildman–Crippen LogP) is 4.84. The third-order valence-corrected chi connectivity index (χ3v) is 4.29. The highest BCUT2D eigenvalue weighted by atomic mass is 16.6. The molecule has 0 aromatic rings. The van der Waals surface area contributed by atoms with Gasteiger partial charge in [-0.2, -0.15) is 0 Å². The fourth-order valence-corrected chi connectivity index (χ4v) is 3.01. The Morgan fingerprint density at radius 3 is 2.39 bits per heavy atom. The molecule has 0 radical (unpaired) electrons. The molecule has 2 rings (SSSR count). The van der Waals surface area contributed by atoms with Crippen LogP contribution in [0.4, 0.5) is 0 Å². The lowest BCUT2D eigenvalue weighted by atomic mass is 10.1. The summed E-state index contributed by atoms with van der Waals surface area (Å²) in [5.41, 5.74) is 0.0418. The molecule has 1 heterocycles. The van der Waals surface area contributed by atoms with Crippen molar-refractivity contribution in [2.24, 2.45) is 0 Å². The van der Waals surface area contributed by atoms with E-state index in [0.29, 0.717) is 6.10 Å². The Bertz CT molecular complexity index is 298. The SMILES string of the molecule is CCCCCCCCCCC#C[C@]12CCCC1O2. The van der Waals surface area contributed by atoms with Crippen LogP contribution >= 0.6 is 0 Å². The topological polar surface area (TPSA) is 12.5 Å². The summed E-state index contributed by atoms with van der Waals surface area (Å²) < 4.78 is 5.65. The Balaban J connectivity index is 1.41. The van der Waals surface area contributed by atoms with Crippen molar-refractivity contribution >= 4 is 0 Å². The molecule has 1 nitrogen and oxygen atoms in total. The van der Waals surface area contributed by atoms with Gasteiger partial charge < -0.3 is 4.74 Å². The maximum atomic E-state index is 5.65. The zero-order chi connectivity index (χ0) is 12.7. The molecule has 2 fully saturated rings. The lowest BCUT2D eigenvalue weighted by molar-refractivity contribution is 0.289. The van der Waals surface area contributed by atoms with Gasteiger partial charge in [0.05, 0.1) is 6.10 Å². The van der Waals surface area contributed by atoms with Crippen molar-refractivity contribution in [2.75, 3.05) is 0 Å². The summed E-state index contributed by atoms with van der Waals surface area (Å²) in [6.45, 7) is 2.27. The van der Waals surface area contributed by atoms with Crippen LogP contribution in [0.3, 0.4) is 0 Å². The molecule has 2 atom stereocenters. The Morgan fingerprint density at radius 2 is 1.78 bits per heavy atom. The van der Waals surface area contributed by atoms with Crippen LogP contribution in [-0.2, 0) is 4.74 Å². The monoisotopic (exact) mass is 248 g/mol. The summed E-state index contributed by atoms with van der Waals surface area (Å²) in [5.74, 6) is 6.72. The summed E-state index contributed by atoms with van der Waals surface area (Å²) in [5, 5.41) is 0. The van der Waals surface area contributed by atoms with Crippen molar-refractivity contribution in [3.8, 4) is 11.8 Å². The van der Waals surface area contributed by atoms with E-state index < -0.39 is 0 Å². The fraction of sp³-hybridized carbons (Fsp3) is 0.882. The third-order valence-electron chi connectivity index (χ3n) is 4.29. The quantitative estimate of drug-likeness (QED) is 0.340. The smallest absolute Gasteiger partial charge is 0.155 e. The number of ether oxygens (including phenoxy) is 1. The lowest BCUT2D eigenvalue weighted by Gasteiger charge is -1.99. The van der Waals surface area contributed by atoms with Gasteiger partial charge in [0.1, 0.15) is 0 Å². The number of hydrogen-bond acceptors (Lipinski definition) is 1. The molecule has 102 valence electrons. The molecule has 1 saturated heterocycles. The zero-order valence-electron chi connectivity index (χ0n) is 12.0. The Kier molecular flexibility index (Phi) is 5.57. The second kappa shape index (κ2) is 7.19. The molecule has 18 heavy (non-hydrogen) atoms. The lowest BCUT2D eigenvalue weighted by Crippen LogP contribution is -2.04. The van der Waals surface area contributed by atoms with E-state index in [9.17, 15) is 0 Å². The molecule has 0 amide bonds. The molecule has 1 aliphatic carbocycles. The highest BCUT2D eigenvalue weighted by Gasteiger charge is 2.58. The fourth-order valence-electron chi connectivity index (χ4n) is 3.01. The largest absolute Gasteiger partial charge is 0.352 e. The number of fused-ring (bicyclic) bond motifs is 1. The molecule has 1 saturated carbocycles. The van der Waals surface area contributed by atoms with Gasteiger partial charge >= 0.3 is 0 Å². The number of rotatable bonds is 8. The minimum Gasteiger partial charge on any atom is -0.352 e. The maximum absolute atomic E-state index is 5.65. The van der Waals surface area contributed by atoms with Crippen molar-refractivity contribution in [1.29, 1.82) is 0 Å². The number of hydrogen-bond donors (Lipinski definition) is 0. The van der Waals surface area contributed by atoms with Gasteiger partial charge in [0, 0.05) is 6.42 Å². The van der Waals surface area contributed by atoms with E-state index in [1.165, 1.54) is 70.6 Å². The second-order valence-corrected chi connectivity index (χ2v) is 5.91. The van der Waals surface area contributed by atoms with Crippen LogP contribution in [-0.4, -0.2) is 11.7 Å². The van der Waals surface area contributed by atoms with Gasteiger partial charge in [0.15, 0.2) is 5.60 Å². The number of unbranched alkanes of at least 4 members (excludes halogenated alkanes) is 8. The summed E-state index contributed by atoms with van der Waals surface area (Å²) in [4.78, 5) is 0. The first kappa shape index (κ1) is 13.9. The van der Waals surface area contributed by atoms with E-state index in [1.54, 1.807) is 0 Å². The summed E-state index contributed by atoms with van der Waals surface area (Å²) >= 11 is 0. The number of epoxide rings is 1. The Hall–Kier alpha value is -0.480. The van der Waals surface area contributed by atoms with Gasteiger partial charge in [-0.25, -0.2) is 0 Å². The van der Waals surface area contributed by atoms with Gasteiger partial charge in [-0.3, -0.25) is 0 Å². The van der Waals surface area contributed by atoms with Crippen molar-refractivity contribution in [1.82, 2.24) is 0 Å². The standard InChI is InChI=1S/C17H28O/c1-2-3-4-5-6-7-8-9-10-11-14-17-15-12-13-16(17)18-17/h16H,2-10,12-13,15H2,1H3/t16?,17-/m0/s1. The summed E-state index contributed by atoms with van der Waals surface area (Å²) in [6, 6.07) is 0. The van der Waals surface area contributed by atoms with Crippen molar-refractivity contribution < 1.29 is 4.74 Å². The zero-order valence-corrected chi connectivity index (χ0v) is 12.0. The minimum absolute atomic E-state index is 0.0418. The first-order valence-electron chi connectivity index (χ1n) is 8.05. The molecule has 0 N–H and O–H groups in total. The first-order valence-corrected chi connectivity index (χ1v) is 8.05. The first-order chi connectivity index (χ1) is 8.87. The van der Waals surface area contributed by atoms with Crippen molar-refractivity contribution in [2.45, 2.75) is 95.7 Å². The highest BCUT2D eigenvalue weighted by Crippen LogP contribution is 2.49. The van der Waals surface area contributed by atoms with Crippen LogP contribution in [0.1, 0.15) is 84.0 Å². The maximum Gasteiger partial charge on any atom is 0.155 e.